The summed E-state index contributed by atoms with van der Waals surface area (Å²) in [5.74, 6) is -2.07. The number of esters is 1. The lowest BCUT2D eigenvalue weighted by molar-refractivity contribution is -0.135. The van der Waals surface area contributed by atoms with Crippen LogP contribution in [0, 0.1) is 11.3 Å². The molecule has 142 valence electrons. The number of nitriles is 1. The minimum atomic E-state index is -0.823. The molecular weight excluding hydrogens is 370 g/mol. The highest BCUT2D eigenvalue weighted by Crippen LogP contribution is 2.23. The van der Waals surface area contributed by atoms with E-state index in [0.29, 0.717) is 17.5 Å². The minimum absolute atomic E-state index is 0.0572. The number of carbonyl (C=O) groups is 3. The van der Waals surface area contributed by atoms with Crippen molar-refractivity contribution >= 4 is 28.6 Å². The summed E-state index contributed by atoms with van der Waals surface area (Å²) in [6, 6.07) is 16.6. The van der Waals surface area contributed by atoms with Gasteiger partial charge in [-0.1, -0.05) is 30.3 Å². The number of nitrogens with one attached hydrogen (secondary N) is 1. The molecule has 4 rings (SSSR count). The van der Waals surface area contributed by atoms with Crippen LogP contribution in [0.4, 0.5) is 0 Å². The van der Waals surface area contributed by atoms with Crippen LogP contribution < -0.4 is 5.32 Å². The lowest BCUT2D eigenvalue weighted by Gasteiger charge is -2.05. The standard InChI is InChI=1S/C22H15N3O4/c23-10-14-5-7-15(8-6-14)11-25-12-18(17-3-1-2-4-19(17)25)21(27)22(28)24-16-9-20(26)29-13-16/h1-9,12H,11,13H2,(H,24,28). The Bertz CT molecular complexity index is 1210. The van der Waals surface area contributed by atoms with Crippen molar-refractivity contribution in [3.63, 3.8) is 0 Å². The molecule has 7 heteroatoms. The molecule has 1 aliphatic rings. The first-order valence-corrected chi connectivity index (χ1v) is 8.85. The predicted molar refractivity (Wildman–Crippen MR) is 104 cm³/mol. The van der Waals surface area contributed by atoms with Gasteiger partial charge >= 0.3 is 5.97 Å². The molecule has 2 heterocycles. The monoisotopic (exact) mass is 385 g/mol. The number of hydrogen-bond acceptors (Lipinski definition) is 5. The molecule has 0 bridgehead atoms. The van der Waals surface area contributed by atoms with Crippen LogP contribution in [0.15, 0.2) is 66.5 Å². The molecule has 7 nitrogen and oxygen atoms in total. The largest absolute Gasteiger partial charge is 0.456 e. The molecule has 0 unspecified atom stereocenters. The minimum Gasteiger partial charge on any atom is -0.456 e. The Morgan fingerprint density at radius 1 is 1.14 bits per heavy atom. The maximum absolute atomic E-state index is 12.8. The lowest BCUT2D eigenvalue weighted by atomic mass is 10.1. The van der Waals surface area contributed by atoms with E-state index < -0.39 is 17.7 Å². The third-order valence-electron chi connectivity index (χ3n) is 4.61. The van der Waals surface area contributed by atoms with Crippen LogP contribution >= 0.6 is 0 Å². The van der Waals surface area contributed by atoms with Gasteiger partial charge in [-0.15, -0.1) is 0 Å². The molecule has 0 spiro atoms. The van der Waals surface area contributed by atoms with Crippen molar-refractivity contribution in [3.05, 3.63) is 83.2 Å². The maximum atomic E-state index is 12.8. The molecule has 1 aromatic heterocycles. The van der Waals surface area contributed by atoms with Gasteiger partial charge in [0.25, 0.3) is 11.7 Å². The molecule has 0 saturated heterocycles. The lowest BCUT2D eigenvalue weighted by Crippen LogP contribution is -2.31. The van der Waals surface area contributed by atoms with E-state index in [4.69, 9.17) is 10.00 Å². The summed E-state index contributed by atoms with van der Waals surface area (Å²) in [5, 5.41) is 12.0. The highest BCUT2D eigenvalue weighted by molar-refractivity contribution is 6.45. The average Bonchev–Trinajstić information content (AvgIpc) is 3.31. The van der Waals surface area contributed by atoms with Crippen LogP contribution in [-0.2, 0) is 20.9 Å². The van der Waals surface area contributed by atoms with Crippen LogP contribution in [0.2, 0.25) is 0 Å². The zero-order chi connectivity index (χ0) is 20.4. The van der Waals surface area contributed by atoms with Gasteiger partial charge in [0.05, 0.1) is 22.9 Å². The Morgan fingerprint density at radius 3 is 2.59 bits per heavy atom. The fraction of sp³-hybridized carbons (Fsp3) is 0.0909. The van der Waals surface area contributed by atoms with Crippen molar-refractivity contribution in [3.8, 4) is 6.07 Å². The number of carbonyl (C=O) groups excluding carboxylic acids is 3. The van der Waals surface area contributed by atoms with Crippen LogP contribution in [-0.4, -0.2) is 28.8 Å². The summed E-state index contributed by atoms with van der Waals surface area (Å²) in [6.07, 6.45) is 2.80. The maximum Gasteiger partial charge on any atom is 0.333 e. The summed E-state index contributed by atoms with van der Waals surface area (Å²) in [4.78, 5) is 36.3. The number of para-hydroxylation sites is 1. The van der Waals surface area contributed by atoms with Gasteiger partial charge in [0.2, 0.25) is 0 Å². The first-order chi connectivity index (χ1) is 14.0. The number of nitrogens with zero attached hydrogens (tertiary/aromatic N) is 2. The summed E-state index contributed by atoms with van der Waals surface area (Å²) in [6.45, 7) is 0.424. The molecule has 1 aliphatic heterocycles. The Kier molecular flexibility index (Phi) is 4.67. The molecule has 3 aromatic rings. The van der Waals surface area contributed by atoms with Crippen LogP contribution in [0.3, 0.4) is 0 Å². The van der Waals surface area contributed by atoms with Gasteiger partial charge < -0.3 is 14.6 Å². The number of amides is 1. The third-order valence-corrected chi connectivity index (χ3v) is 4.61. The summed E-state index contributed by atoms with van der Waals surface area (Å²) in [5.41, 5.74) is 2.88. The van der Waals surface area contributed by atoms with E-state index in [1.807, 2.05) is 28.8 Å². The number of Topliss-reactive ketones (excluding diaryl/α,β-unsaturated/α-hetero) is 1. The zero-order valence-corrected chi connectivity index (χ0v) is 15.2. The molecule has 0 radical (unpaired) electrons. The predicted octanol–water partition coefficient (Wildman–Crippen LogP) is 2.30. The molecule has 2 aromatic carbocycles. The van der Waals surface area contributed by atoms with Crippen LogP contribution in [0.5, 0.6) is 0 Å². The van der Waals surface area contributed by atoms with Gasteiger partial charge in [-0.25, -0.2) is 4.79 Å². The number of benzene rings is 2. The normalized spacial score (nSPS) is 12.9. The molecule has 0 saturated carbocycles. The zero-order valence-electron chi connectivity index (χ0n) is 15.2. The van der Waals surface area contributed by atoms with E-state index in [1.165, 1.54) is 0 Å². The Balaban J connectivity index is 1.63. The van der Waals surface area contributed by atoms with Gasteiger partial charge in [-0.2, -0.15) is 5.26 Å². The van der Waals surface area contributed by atoms with E-state index in [0.717, 1.165) is 17.2 Å². The van der Waals surface area contributed by atoms with Gasteiger partial charge in [0.15, 0.2) is 0 Å². The summed E-state index contributed by atoms with van der Waals surface area (Å²) in [7, 11) is 0. The smallest absolute Gasteiger partial charge is 0.333 e. The fourth-order valence-corrected chi connectivity index (χ4v) is 3.21. The second kappa shape index (κ2) is 7.44. The highest BCUT2D eigenvalue weighted by atomic mass is 16.5. The van der Waals surface area contributed by atoms with E-state index in [9.17, 15) is 14.4 Å². The number of aromatic nitrogens is 1. The Hall–Kier alpha value is -4.18. The van der Waals surface area contributed by atoms with Gasteiger partial charge in [-0.3, -0.25) is 9.59 Å². The molecule has 0 atom stereocenters. The summed E-state index contributed by atoms with van der Waals surface area (Å²) >= 11 is 0. The number of fused-ring (bicyclic) bond motifs is 1. The van der Waals surface area contributed by atoms with Gasteiger partial charge in [0.1, 0.15) is 6.61 Å². The SMILES string of the molecule is N#Cc1ccc(Cn2cc(C(=O)C(=O)NC3=CC(=O)OC3)c3ccccc32)cc1. The summed E-state index contributed by atoms with van der Waals surface area (Å²) < 4.78 is 6.61. The van der Waals surface area contributed by atoms with E-state index in [1.54, 1.807) is 30.5 Å². The molecule has 1 amide bonds. The second-order valence-electron chi connectivity index (χ2n) is 6.56. The van der Waals surface area contributed by atoms with Gasteiger partial charge in [-0.05, 0) is 23.8 Å². The molecular formula is C22H15N3O4. The number of hydrogen-bond donors (Lipinski definition) is 1. The Labute approximate surface area is 165 Å². The average molecular weight is 385 g/mol. The van der Waals surface area contributed by atoms with E-state index in [-0.39, 0.29) is 17.9 Å². The van der Waals surface area contributed by atoms with Crippen molar-refractivity contribution < 1.29 is 19.1 Å². The molecule has 1 N–H and O–H groups in total. The quantitative estimate of drug-likeness (QED) is 0.413. The second-order valence-corrected chi connectivity index (χ2v) is 6.56. The topological polar surface area (TPSA) is 101 Å². The Morgan fingerprint density at radius 2 is 1.90 bits per heavy atom. The van der Waals surface area contributed by atoms with Crippen molar-refractivity contribution in [2.24, 2.45) is 0 Å². The molecule has 0 fully saturated rings. The number of rotatable bonds is 5. The van der Waals surface area contributed by atoms with Crippen molar-refractivity contribution in [1.82, 2.24) is 9.88 Å². The van der Waals surface area contributed by atoms with Crippen molar-refractivity contribution in [1.29, 1.82) is 5.26 Å². The fourth-order valence-electron chi connectivity index (χ4n) is 3.21. The van der Waals surface area contributed by atoms with Crippen LogP contribution in [0.25, 0.3) is 10.9 Å². The first kappa shape index (κ1) is 18.2. The van der Waals surface area contributed by atoms with Gasteiger partial charge in [0, 0.05) is 29.7 Å². The number of ether oxygens (including phenoxy) is 1. The number of cyclic esters (lactones) is 1. The van der Waals surface area contributed by atoms with Crippen LogP contribution in [0.1, 0.15) is 21.5 Å². The highest BCUT2D eigenvalue weighted by Gasteiger charge is 2.24. The number of ketones is 1. The van der Waals surface area contributed by atoms with Crippen molar-refractivity contribution in [2.75, 3.05) is 6.61 Å². The molecule has 0 aliphatic carbocycles. The first-order valence-electron chi connectivity index (χ1n) is 8.85. The van der Waals surface area contributed by atoms with E-state index >= 15 is 0 Å². The van der Waals surface area contributed by atoms with Crippen molar-refractivity contribution in [2.45, 2.75) is 6.54 Å². The molecule has 29 heavy (non-hydrogen) atoms. The van der Waals surface area contributed by atoms with E-state index in [2.05, 4.69) is 11.4 Å². The third kappa shape index (κ3) is 3.64.